The Labute approximate surface area is 96.8 Å². The second kappa shape index (κ2) is 5.30. The predicted octanol–water partition coefficient (Wildman–Crippen LogP) is 2.90. The Kier molecular flexibility index (Phi) is 4.30. The van der Waals surface area contributed by atoms with Crippen molar-refractivity contribution in [1.29, 1.82) is 0 Å². The topological polar surface area (TPSA) is 21.3 Å². The fourth-order valence-corrected chi connectivity index (χ4v) is 1.56. The molecule has 0 radical (unpaired) electrons. The van der Waals surface area contributed by atoms with E-state index in [0.29, 0.717) is 5.75 Å². The number of benzene rings is 1. The number of aryl methyl sites for hydroxylation is 1. The van der Waals surface area contributed by atoms with Gasteiger partial charge in [-0.05, 0) is 38.9 Å². The van der Waals surface area contributed by atoms with Crippen molar-refractivity contribution < 1.29 is 9.13 Å². The van der Waals surface area contributed by atoms with Crippen LogP contribution in [0.3, 0.4) is 0 Å². The van der Waals surface area contributed by atoms with Crippen LogP contribution in [-0.2, 0) is 0 Å². The monoisotopic (exact) mass is 225 g/mol. The van der Waals surface area contributed by atoms with E-state index in [0.717, 1.165) is 18.5 Å². The van der Waals surface area contributed by atoms with Gasteiger partial charge in [-0.1, -0.05) is 13.0 Å². The molecular formula is C13H20FNO. The maximum absolute atomic E-state index is 13.1. The number of rotatable bonds is 5. The van der Waals surface area contributed by atoms with Gasteiger partial charge >= 0.3 is 0 Å². The van der Waals surface area contributed by atoms with Crippen LogP contribution in [0.4, 0.5) is 4.39 Å². The second-order valence-corrected chi connectivity index (χ2v) is 4.35. The van der Waals surface area contributed by atoms with Crippen molar-refractivity contribution in [3.63, 3.8) is 0 Å². The maximum atomic E-state index is 13.1. The molecule has 1 aromatic rings. The fraction of sp³-hybridized carbons (Fsp3) is 0.538. The summed E-state index contributed by atoms with van der Waals surface area (Å²) in [4.78, 5) is 0. The average molecular weight is 225 g/mol. The summed E-state index contributed by atoms with van der Waals surface area (Å²) >= 11 is 0. The molecule has 0 aliphatic heterocycles. The molecule has 1 N–H and O–H groups in total. The zero-order valence-corrected chi connectivity index (χ0v) is 10.4. The van der Waals surface area contributed by atoms with Gasteiger partial charge in [-0.25, -0.2) is 4.39 Å². The van der Waals surface area contributed by atoms with Crippen LogP contribution in [0, 0.1) is 12.7 Å². The summed E-state index contributed by atoms with van der Waals surface area (Å²) in [5.41, 5.74) is 0.657. The van der Waals surface area contributed by atoms with Gasteiger partial charge in [0.15, 0.2) is 0 Å². The molecular weight excluding hydrogens is 205 g/mol. The lowest BCUT2D eigenvalue weighted by atomic mass is 10.0. The Morgan fingerprint density at radius 2 is 2.12 bits per heavy atom. The van der Waals surface area contributed by atoms with E-state index in [1.165, 1.54) is 12.1 Å². The number of halogens is 1. The third-order valence-corrected chi connectivity index (χ3v) is 2.81. The Morgan fingerprint density at radius 1 is 1.44 bits per heavy atom. The fourth-order valence-electron chi connectivity index (χ4n) is 1.56. The smallest absolute Gasteiger partial charge is 0.126 e. The van der Waals surface area contributed by atoms with Gasteiger partial charge in [0.2, 0.25) is 0 Å². The lowest BCUT2D eigenvalue weighted by Crippen LogP contribution is -2.41. The molecule has 1 rings (SSSR count). The Balaban J connectivity index is 2.89. The van der Waals surface area contributed by atoms with E-state index in [1.54, 1.807) is 6.07 Å². The molecule has 0 spiro atoms. The number of likely N-dealkylation sites (N-methyl/N-ethyl adjacent to an activating group) is 1. The van der Waals surface area contributed by atoms with Crippen molar-refractivity contribution in [1.82, 2.24) is 5.32 Å². The molecule has 0 aliphatic carbocycles. The zero-order valence-electron chi connectivity index (χ0n) is 10.4. The summed E-state index contributed by atoms with van der Waals surface area (Å²) in [7, 11) is 1.88. The molecule has 1 aromatic carbocycles. The predicted molar refractivity (Wildman–Crippen MR) is 64.4 cm³/mol. The van der Waals surface area contributed by atoms with Crippen LogP contribution in [0.1, 0.15) is 25.8 Å². The van der Waals surface area contributed by atoms with Crippen LogP contribution in [0.2, 0.25) is 0 Å². The summed E-state index contributed by atoms with van der Waals surface area (Å²) in [5.74, 6) is 0.364. The van der Waals surface area contributed by atoms with Crippen LogP contribution in [-0.4, -0.2) is 19.2 Å². The SMILES string of the molecule is CCC(C)(CNC)Oc1cc(F)ccc1C. The van der Waals surface area contributed by atoms with Crippen molar-refractivity contribution in [3.8, 4) is 5.75 Å². The first-order chi connectivity index (χ1) is 7.50. The molecule has 0 saturated carbocycles. The standard InChI is InChI=1S/C13H20FNO/c1-5-13(3,9-15-4)16-12-8-11(14)7-6-10(12)2/h6-8,15H,5,9H2,1-4H3. The summed E-state index contributed by atoms with van der Waals surface area (Å²) in [5, 5.41) is 3.09. The highest BCUT2D eigenvalue weighted by Gasteiger charge is 2.24. The Hall–Kier alpha value is -1.09. The summed E-state index contributed by atoms with van der Waals surface area (Å²) in [6.45, 7) is 6.74. The van der Waals surface area contributed by atoms with Crippen molar-refractivity contribution in [2.75, 3.05) is 13.6 Å². The first-order valence-corrected chi connectivity index (χ1v) is 5.60. The molecule has 0 bridgehead atoms. The third-order valence-electron chi connectivity index (χ3n) is 2.81. The molecule has 1 atom stereocenters. The van der Waals surface area contributed by atoms with Crippen LogP contribution < -0.4 is 10.1 Å². The van der Waals surface area contributed by atoms with Gasteiger partial charge in [-0.3, -0.25) is 0 Å². The van der Waals surface area contributed by atoms with Crippen LogP contribution >= 0.6 is 0 Å². The molecule has 0 heterocycles. The zero-order chi connectivity index (χ0) is 12.2. The molecule has 3 heteroatoms. The van der Waals surface area contributed by atoms with E-state index in [1.807, 2.05) is 20.9 Å². The molecule has 0 saturated heterocycles. The van der Waals surface area contributed by atoms with E-state index in [-0.39, 0.29) is 11.4 Å². The van der Waals surface area contributed by atoms with Crippen molar-refractivity contribution in [2.45, 2.75) is 32.8 Å². The third kappa shape index (κ3) is 3.20. The Bertz CT molecular complexity index is 354. The highest BCUT2D eigenvalue weighted by molar-refractivity contribution is 5.33. The highest BCUT2D eigenvalue weighted by atomic mass is 19.1. The van der Waals surface area contributed by atoms with Gasteiger partial charge in [0.25, 0.3) is 0 Å². The lowest BCUT2D eigenvalue weighted by molar-refractivity contribution is 0.0845. The number of ether oxygens (including phenoxy) is 1. The van der Waals surface area contributed by atoms with Gasteiger partial charge in [0.05, 0.1) is 0 Å². The molecule has 16 heavy (non-hydrogen) atoms. The summed E-state index contributed by atoms with van der Waals surface area (Å²) in [6, 6.07) is 4.63. The van der Waals surface area contributed by atoms with E-state index >= 15 is 0 Å². The minimum atomic E-state index is -0.298. The number of nitrogens with one attached hydrogen (secondary N) is 1. The maximum Gasteiger partial charge on any atom is 0.126 e. The first kappa shape index (κ1) is 13.0. The molecule has 0 amide bonds. The minimum Gasteiger partial charge on any atom is -0.486 e. The molecule has 0 aromatic heterocycles. The number of hydrogen-bond acceptors (Lipinski definition) is 2. The first-order valence-electron chi connectivity index (χ1n) is 5.60. The van der Waals surface area contributed by atoms with Crippen molar-refractivity contribution in [3.05, 3.63) is 29.6 Å². The van der Waals surface area contributed by atoms with Gasteiger partial charge in [-0.2, -0.15) is 0 Å². The van der Waals surface area contributed by atoms with Crippen molar-refractivity contribution in [2.24, 2.45) is 0 Å². The minimum absolute atomic E-state index is 0.261. The van der Waals surface area contributed by atoms with Gasteiger partial charge < -0.3 is 10.1 Å². The van der Waals surface area contributed by atoms with E-state index in [2.05, 4.69) is 12.2 Å². The summed E-state index contributed by atoms with van der Waals surface area (Å²) in [6.07, 6.45) is 0.865. The quantitative estimate of drug-likeness (QED) is 0.832. The molecule has 2 nitrogen and oxygen atoms in total. The van der Waals surface area contributed by atoms with Crippen LogP contribution in [0.15, 0.2) is 18.2 Å². The molecule has 1 unspecified atom stereocenters. The van der Waals surface area contributed by atoms with E-state index in [9.17, 15) is 4.39 Å². The average Bonchev–Trinajstić information content (AvgIpc) is 2.24. The highest BCUT2D eigenvalue weighted by Crippen LogP contribution is 2.25. The Morgan fingerprint density at radius 3 is 2.69 bits per heavy atom. The second-order valence-electron chi connectivity index (χ2n) is 4.35. The lowest BCUT2D eigenvalue weighted by Gasteiger charge is -2.30. The van der Waals surface area contributed by atoms with E-state index < -0.39 is 0 Å². The summed E-state index contributed by atoms with van der Waals surface area (Å²) < 4.78 is 19.0. The van der Waals surface area contributed by atoms with Gasteiger partial charge in [0, 0.05) is 12.6 Å². The van der Waals surface area contributed by atoms with Crippen molar-refractivity contribution >= 4 is 0 Å². The van der Waals surface area contributed by atoms with Gasteiger partial charge in [-0.15, -0.1) is 0 Å². The molecule has 90 valence electrons. The number of hydrogen-bond donors (Lipinski definition) is 1. The normalized spacial score (nSPS) is 14.6. The van der Waals surface area contributed by atoms with Crippen LogP contribution in [0.25, 0.3) is 0 Å². The van der Waals surface area contributed by atoms with Gasteiger partial charge in [0.1, 0.15) is 17.2 Å². The molecule has 0 fully saturated rings. The molecule has 0 aliphatic rings. The largest absolute Gasteiger partial charge is 0.486 e. The van der Waals surface area contributed by atoms with Crippen LogP contribution in [0.5, 0.6) is 5.75 Å². The van der Waals surface area contributed by atoms with E-state index in [4.69, 9.17) is 4.74 Å².